The number of aromatic hydroxyl groups is 1. The molecule has 0 saturated carbocycles. The maximum atomic E-state index is 12.2. The molecule has 0 saturated heterocycles. The normalized spacial score (nSPS) is 13.0. The number of carboxylic acids is 1. The van der Waals surface area contributed by atoms with E-state index in [2.05, 4.69) is 4.74 Å². The summed E-state index contributed by atoms with van der Waals surface area (Å²) in [6.45, 7) is 0. The van der Waals surface area contributed by atoms with Crippen molar-refractivity contribution in [2.45, 2.75) is 25.5 Å². The molecule has 0 spiro atoms. The van der Waals surface area contributed by atoms with Crippen molar-refractivity contribution in [2.75, 3.05) is 0 Å². The number of hydrogen-bond donors (Lipinski definition) is 2. The number of rotatable bonds is 6. The SMILES string of the molecule is O=C(O)CCC(Oc1c(Cl)cc(O)cc1Cl)OC(F)(F)F. The number of halogens is 5. The zero-order valence-electron chi connectivity index (χ0n) is 10.2. The summed E-state index contributed by atoms with van der Waals surface area (Å²) in [5.41, 5.74) is 0. The minimum Gasteiger partial charge on any atom is -0.508 e. The number of benzene rings is 1. The second-order valence-electron chi connectivity index (χ2n) is 3.78. The van der Waals surface area contributed by atoms with Crippen LogP contribution >= 0.6 is 23.2 Å². The van der Waals surface area contributed by atoms with Gasteiger partial charge in [0, 0.05) is 18.6 Å². The van der Waals surface area contributed by atoms with Gasteiger partial charge in [0.2, 0.25) is 6.29 Å². The molecule has 1 aromatic rings. The van der Waals surface area contributed by atoms with Crippen LogP contribution in [0.3, 0.4) is 0 Å². The number of carbonyl (C=O) groups is 1. The Morgan fingerprint density at radius 1 is 1.29 bits per heavy atom. The summed E-state index contributed by atoms with van der Waals surface area (Å²) in [6, 6.07) is 2.01. The van der Waals surface area contributed by atoms with E-state index in [-0.39, 0.29) is 21.5 Å². The van der Waals surface area contributed by atoms with Gasteiger partial charge in [-0.3, -0.25) is 9.53 Å². The molecule has 118 valence electrons. The molecule has 2 N–H and O–H groups in total. The van der Waals surface area contributed by atoms with E-state index in [0.717, 1.165) is 12.1 Å². The fraction of sp³-hybridized carbons (Fsp3) is 0.364. The van der Waals surface area contributed by atoms with Crippen LogP contribution in [0, 0.1) is 0 Å². The largest absolute Gasteiger partial charge is 0.525 e. The topological polar surface area (TPSA) is 76.0 Å². The second-order valence-corrected chi connectivity index (χ2v) is 4.60. The number of phenols is 1. The number of aliphatic carboxylic acids is 1. The average molecular weight is 349 g/mol. The summed E-state index contributed by atoms with van der Waals surface area (Å²) in [5.74, 6) is -1.98. The highest BCUT2D eigenvalue weighted by molar-refractivity contribution is 6.37. The minimum atomic E-state index is -5.03. The van der Waals surface area contributed by atoms with Gasteiger partial charge in [0.25, 0.3) is 0 Å². The van der Waals surface area contributed by atoms with Crippen molar-refractivity contribution in [1.29, 1.82) is 0 Å². The molecule has 5 nitrogen and oxygen atoms in total. The van der Waals surface area contributed by atoms with Gasteiger partial charge in [0.1, 0.15) is 5.75 Å². The molecule has 1 atom stereocenters. The summed E-state index contributed by atoms with van der Waals surface area (Å²) < 4.78 is 45.3. The zero-order chi connectivity index (χ0) is 16.2. The first kappa shape index (κ1) is 17.7. The highest BCUT2D eigenvalue weighted by atomic mass is 35.5. The van der Waals surface area contributed by atoms with Gasteiger partial charge in [-0.2, -0.15) is 0 Å². The van der Waals surface area contributed by atoms with Gasteiger partial charge < -0.3 is 14.9 Å². The fourth-order valence-electron chi connectivity index (χ4n) is 1.32. The first-order valence-corrected chi connectivity index (χ1v) is 6.15. The molecule has 0 aliphatic rings. The van der Waals surface area contributed by atoms with E-state index in [0.29, 0.717) is 0 Å². The van der Waals surface area contributed by atoms with Crippen molar-refractivity contribution < 1.29 is 37.7 Å². The van der Waals surface area contributed by atoms with E-state index in [1.807, 2.05) is 0 Å². The van der Waals surface area contributed by atoms with Crippen LogP contribution in [0.5, 0.6) is 11.5 Å². The highest BCUT2D eigenvalue weighted by Crippen LogP contribution is 2.38. The van der Waals surface area contributed by atoms with Gasteiger partial charge in [-0.15, -0.1) is 13.2 Å². The average Bonchev–Trinajstić information content (AvgIpc) is 2.28. The molecule has 0 aliphatic heterocycles. The zero-order valence-corrected chi connectivity index (χ0v) is 11.7. The summed E-state index contributed by atoms with van der Waals surface area (Å²) in [6.07, 6.45) is -8.17. The highest BCUT2D eigenvalue weighted by Gasteiger charge is 2.35. The summed E-state index contributed by atoms with van der Waals surface area (Å²) in [4.78, 5) is 10.4. The summed E-state index contributed by atoms with van der Waals surface area (Å²) >= 11 is 11.4. The monoisotopic (exact) mass is 348 g/mol. The lowest BCUT2D eigenvalue weighted by Crippen LogP contribution is -2.29. The van der Waals surface area contributed by atoms with Crippen molar-refractivity contribution >= 4 is 29.2 Å². The smallest absolute Gasteiger partial charge is 0.508 e. The van der Waals surface area contributed by atoms with E-state index in [9.17, 15) is 23.1 Å². The van der Waals surface area contributed by atoms with Crippen LogP contribution in [0.4, 0.5) is 13.2 Å². The van der Waals surface area contributed by atoms with Crippen molar-refractivity contribution in [3.8, 4) is 11.5 Å². The lowest BCUT2D eigenvalue weighted by atomic mass is 10.3. The third kappa shape index (κ3) is 6.28. The van der Waals surface area contributed by atoms with E-state index < -0.39 is 31.5 Å². The van der Waals surface area contributed by atoms with E-state index >= 15 is 0 Å². The number of carboxylic acid groups (broad SMARTS) is 1. The molecule has 0 bridgehead atoms. The van der Waals surface area contributed by atoms with E-state index in [1.165, 1.54) is 0 Å². The molecule has 0 aliphatic carbocycles. The number of alkyl halides is 3. The van der Waals surface area contributed by atoms with E-state index in [1.54, 1.807) is 0 Å². The predicted octanol–water partition coefficient (Wildman–Crippen LogP) is 3.81. The van der Waals surface area contributed by atoms with Crippen molar-refractivity contribution in [2.24, 2.45) is 0 Å². The first-order valence-electron chi connectivity index (χ1n) is 5.39. The molecule has 0 radical (unpaired) electrons. The maximum absolute atomic E-state index is 12.2. The Morgan fingerprint density at radius 2 is 1.81 bits per heavy atom. The third-order valence-corrected chi connectivity index (χ3v) is 2.65. The standard InChI is InChI=1S/C11H9Cl2F3O5/c12-6-3-5(17)4-7(13)10(6)20-9(2-1-8(18)19)21-11(14,15)16/h3-4,9,17H,1-2H2,(H,18,19). The molecule has 1 aromatic carbocycles. The molecule has 0 aromatic heterocycles. The minimum absolute atomic E-state index is 0.244. The van der Waals surface area contributed by atoms with Crippen molar-refractivity contribution in [1.82, 2.24) is 0 Å². The lowest BCUT2D eigenvalue weighted by molar-refractivity contribution is -0.368. The van der Waals surface area contributed by atoms with Crippen LogP contribution in [0.15, 0.2) is 12.1 Å². The van der Waals surface area contributed by atoms with Crippen LogP contribution < -0.4 is 4.74 Å². The van der Waals surface area contributed by atoms with Crippen molar-refractivity contribution in [3.05, 3.63) is 22.2 Å². The van der Waals surface area contributed by atoms with Gasteiger partial charge in [-0.05, 0) is 0 Å². The van der Waals surface area contributed by atoms with Gasteiger partial charge in [-0.25, -0.2) is 0 Å². The van der Waals surface area contributed by atoms with Crippen LogP contribution in [0.2, 0.25) is 10.0 Å². The molecule has 0 heterocycles. The Balaban J connectivity index is 2.92. The van der Waals surface area contributed by atoms with Crippen LogP contribution in [-0.2, 0) is 9.53 Å². The van der Waals surface area contributed by atoms with Crippen molar-refractivity contribution in [3.63, 3.8) is 0 Å². The number of ether oxygens (including phenoxy) is 2. The van der Waals surface area contributed by atoms with Gasteiger partial charge >= 0.3 is 12.3 Å². The Kier molecular flexibility index (Phi) is 5.94. The lowest BCUT2D eigenvalue weighted by Gasteiger charge is -2.21. The molecule has 0 fully saturated rings. The quantitative estimate of drug-likeness (QED) is 0.764. The Bertz CT molecular complexity index is 498. The van der Waals surface area contributed by atoms with Crippen LogP contribution in [0.25, 0.3) is 0 Å². The molecular weight excluding hydrogens is 340 g/mol. The second kappa shape index (κ2) is 7.06. The van der Waals surface area contributed by atoms with Gasteiger partial charge in [0.15, 0.2) is 5.75 Å². The van der Waals surface area contributed by atoms with Crippen LogP contribution in [0.1, 0.15) is 12.8 Å². The molecule has 0 amide bonds. The van der Waals surface area contributed by atoms with E-state index in [4.69, 9.17) is 33.0 Å². The predicted molar refractivity (Wildman–Crippen MR) is 66.6 cm³/mol. The van der Waals surface area contributed by atoms with Gasteiger partial charge in [0.05, 0.1) is 16.5 Å². The number of phenolic OH excluding ortho intramolecular Hbond substituents is 1. The van der Waals surface area contributed by atoms with Crippen LogP contribution in [-0.4, -0.2) is 28.8 Å². The molecular formula is C11H9Cl2F3O5. The van der Waals surface area contributed by atoms with Gasteiger partial charge in [-0.1, -0.05) is 23.2 Å². The Labute approximate surface area is 126 Å². The molecule has 21 heavy (non-hydrogen) atoms. The molecule has 10 heteroatoms. The molecule has 1 unspecified atom stereocenters. The molecule has 1 rings (SSSR count). The number of hydrogen-bond acceptors (Lipinski definition) is 4. The maximum Gasteiger partial charge on any atom is 0.525 e. The fourth-order valence-corrected chi connectivity index (χ4v) is 1.89. The summed E-state index contributed by atoms with van der Waals surface area (Å²) in [7, 11) is 0. The summed E-state index contributed by atoms with van der Waals surface area (Å²) in [5, 5.41) is 17.2. The third-order valence-electron chi connectivity index (χ3n) is 2.09. The first-order chi connectivity index (χ1) is 9.58. The Hall–Kier alpha value is -1.38. The Morgan fingerprint density at radius 3 is 2.24 bits per heavy atom.